The fourth-order valence-electron chi connectivity index (χ4n) is 3.02. The van der Waals surface area contributed by atoms with E-state index in [9.17, 15) is 14.4 Å². The minimum absolute atomic E-state index is 0.0408. The average Bonchev–Trinajstić information content (AvgIpc) is 2.85. The van der Waals surface area contributed by atoms with Crippen LogP contribution < -0.4 is 0 Å². The van der Waals surface area contributed by atoms with Crippen LogP contribution in [-0.2, 0) is 23.9 Å². The predicted octanol–water partition coefficient (Wildman–Crippen LogP) is 1.76. The van der Waals surface area contributed by atoms with E-state index in [2.05, 4.69) is 6.58 Å². The number of Topliss-reactive ketones (excluding diaryl/α,β-unsaturated/α-hetero) is 2. The molecule has 21 heavy (non-hydrogen) atoms. The quantitative estimate of drug-likeness (QED) is 0.570. The Morgan fingerprint density at radius 2 is 2.10 bits per heavy atom. The summed E-state index contributed by atoms with van der Waals surface area (Å²) in [4.78, 5) is 35.2. The summed E-state index contributed by atoms with van der Waals surface area (Å²) in [5.74, 6) is -0.813. The van der Waals surface area contributed by atoms with Crippen molar-refractivity contribution in [1.82, 2.24) is 0 Å². The number of hydrogen-bond acceptors (Lipinski definition) is 5. The maximum Gasteiger partial charge on any atom is 0.334 e. The molecular formula is C16H20O5. The van der Waals surface area contributed by atoms with Crippen molar-refractivity contribution in [3.63, 3.8) is 0 Å². The molecule has 5 heteroatoms. The van der Waals surface area contributed by atoms with Crippen molar-refractivity contribution in [3.05, 3.63) is 23.3 Å². The molecule has 1 saturated heterocycles. The van der Waals surface area contributed by atoms with Crippen molar-refractivity contribution in [2.24, 2.45) is 5.92 Å². The molecule has 0 N–H and O–H groups in total. The zero-order valence-corrected chi connectivity index (χ0v) is 12.6. The molecule has 0 bridgehead atoms. The molecule has 0 spiro atoms. The number of hydrogen-bond donors (Lipinski definition) is 0. The van der Waals surface area contributed by atoms with Crippen molar-refractivity contribution < 1.29 is 23.9 Å². The Balaban J connectivity index is 2.30. The average molecular weight is 292 g/mol. The number of cyclic esters (lactones) is 1. The molecule has 0 aromatic carbocycles. The van der Waals surface area contributed by atoms with Crippen LogP contribution in [0.1, 0.15) is 33.1 Å². The van der Waals surface area contributed by atoms with Crippen LogP contribution in [0.4, 0.5) is 0 Å². The van der Waals surface area contributed by atoms with Crippen molar-refractivity contribution in [2.45, 2.75) is 45.3 Å². The van der Waals surface area contributed by atoms with Crippen molar-refractivity contribution in [2.75, 3.05) is 7.11 Å². The fraction of sp³-hybridized carbons (Fsp3) is 0.562. The molecule has 1 aliphatic heterocycles. The van der Waals surface area contributed by atoms with E-state index in [1.54, 1.807) is 7.11 Å². The first-order valence-electron chi connectivity index (χ1n) is 7.02. The van der Waals surface area contributed by atoms with E-state index in [4.69, 9.17) is 9.47 Å². The highest BCUT2D eigenvalue weighted by molar-refractivity contribution is 6.02. The van der Waals surface area contributed by atoms with Gasteiger partial charge in [-0.1, -0.05) is 6.58 Å². The standard InChI is InChI=1S/C16H20O5/c1-8(17)5-6-11-9(2)16(19)21-15(11)14-10(3)13(20-4)7-12(14)18/h11,13,15H,2,5-7H2,1,3-4H3/t11-,13+,15+/m1/s1. The van der Waals surface area contributed by atoms with Gasteiger partial charge in [0.1, 0.15) is 11.9 Å². The summed E-state index contributed by atoms with van der Waals surface area (Å²) >= 11 is 0. The van der Waals surface area contributed by atoms with Crippen LogP contribution in [0.15, 0.2) is 23.3 Å². The van der Waals surface area contributed by atoms with E-state index < -0.39 is 12.1 Å². The molecule has 0 amide bonds. The minimum Gasteiger partial charge on any atom is -0.453 e. The number of ether oxygens (including phenoxy) is 2. The first-order chi connectivity index (χ1) is 9.86. The van der Waals surface area contributed by atoms with Gasteiger partial charge >= 0.3 is 5.97 Å². The molecule has 0 radical (unpaired) electrons. The predicted molar refractivity (Wildman–Crippen MR) is 75.5 cm³/mol. The highest BCUT2D eigenvalue weighted by Crippen LogP contribution is 2.39. The molecule has 1 heterocycles. The van der Waals surface area contributed by atoms with Crippen LogP contribution in [0.5, 0.6) is 0 Å². The van der Waals surface area contributed by atoms with Crippen molar-refractivity contribution >= 4 is 17.5 Å². The lowest BCUT2D eigenvalue weighted by Gasteiger charge is -2.19. The Morgan fingerprint density at radius 1 is 1.43 bits per heavy atom. The van der Waals surface area contributed by atoms with Crippen LogP contribution in [0, 0.1) is 5.92 Å². The largest absolute Gasteiger partial charge is 0.453 e. The zero-order chi connectivity index (χ0) is 15.7. The smallest absolute Gasteiger partial charge is 0.334 e. The summed E-state index contributed by atoms with van der Waals surface area (Å²) in [5.41, 5.74) is 1.67. The molecule has 1 fully saturated rings. The molecule has 0 saturated carbocycles. The van der Waals surface area contributed by atoms with Gasteiger partial charge in [0.25, 0.3) is 0 Å². The monoisotopic (exact) mass is 292 g/mol. The van der Waals surface area contributed by atoms with Crippen LogP contribution in [0.2, 0.25) is 0 Å². The van der Waals surface area contributed by atoms with Gasteiger partial charge in [-0.3, -0.25) is 4.79 Å². The van der Waals surface area contributed by atoms with Gasteiger partial charge in [-0.2, -0.15) is 0 Å². The normalized spacial score (nSPS) is 29.3. The first kappa shape index (κ1) is 15.6. The van der Waals surface area contributed by atoms with Gasteiger partial charge in [0.2, 0.25) is 0 Å². The van der Waals surface area contributed by atoms with E-state index in [-0.39, 0.29) is 30.0 Å². The van der Waals surface area contributed by atoms with Crippen LogP contribution in [0.25, 0.3) is 0 Å². The van der Waals surface area contributed by atoms with E-state index >= 15 is 0 Å². The van der Waals surface area contributed by atoms with E-state index in [1.165, 1.54) is 6.92 Å². The third kappa shape index (κ3) is 2.83. The summed E-state index contributed by atoms with van der Waals surface area (Å²) in [6.07, 6.45) is 0.195. The Morgan fingerprint density at radius 3 is 2.62 bits per heavy atom. The highest BCUT2D eigenvalue weighted by Gasteiger charge is 2.46. The second-order valence-electron chi connectivity index (χ2n) is 5.65. The van der Waals surface area contributed by atoms with Gasteiger partial charge in [-0.05, 0) is 25.8 Å². The van der Waals surface area contributed by atoms with Gasteiger partial charge in [-0.15, -0.1) is 0 Å². The zero-order valence-electron chi connectivity index (χ0n) is 12.6. The molecule has 5 nitrogen and oxygen atoms in total. The van der Waals surface area contributed by atoms with Gasteiger partial charge in [0.15, 0.2) is 5.78 Å². The number of methoxy groups -OCH3 is 1. The van der Waals surface area contributed by atoms with Gasteiger partial charge < -0.3 is 14.3 Å². The Kier molecular flexibility index (Phi) is 4.42. The third-order valence-electron chi connectivity index (χ3n) is 4.26. The first-order valence-corrected chi connectivity index (χ1v) is 7.02. The topological polar surface area (TPSA) is 69.7 Å². The molecule has 3 atom stereocenters. The lowest BCUT2D eigenvalue weighted by atomic mass is 9.86. The van der Waals surface area contributed by atoms with Gasteiger partial charge in [0.05, 0.1) is 6.10 Å². The van der Waals surface area contributed by atoms with Gasteiger partial charge in [0, 0.05) is 37.0 Å². The SMILES string of the molecule is C=C1C(=O)O[C@H](C2=C(C)[C@@H](OC)CC2=O)[C@@H]1CCC(C)=O. The summed E-state index contributed by atoms with van der Waals surface area (Å²) in [5, 5.41) is 0. The van der Waals surface area contributed by atoms with Crippen LogP contribution >= 0.6 is 0 Å². The minimum atomic E-state index is -0.628. The second kappa shape index (κ2) is 5.93. The number of carbonyl (C=O) groups is 3. The molecule has 0 unspecified atom stereocenters. The van der Waals surface area contributed by atoms with E-state index in [0.29, 0.717) is 24.0 Å². The van der Waals surface area contributed by atoms with Crippen LogP contribution in [0.3, 0.4) is 0 Å². The molecule has 1 aliphatic carbocycles. The maximum atomic E-state index is 12.2. The number of ketones is 2. The second-order valence-corrected chi connectivity index (χ2v) is 5.65. The Bertz CT molecular complexity index is 543. The van der Waals surface area contributed by atoms with Gasteiger partial charge in [-0.25, -0.2) is 4.79 Å². The molecule has 2 rings (SSSR count). The maximum absolute atomic E-state index is 12.2. The number of esters is 1. The summed E-state index contributed by atoms with van der Waals surface area (Å²) in [6.45, 7) is 7.08. The molecule has 0 aromatic heterocycles. The van der Waals surface area contributed by atoms with E-state index in [1.807, 2.05) is 6.92 Å². The summed E-state index contributed by atoms with van der Waals surface area (Å²) < 4.78 is 10.6. The summed E-state index contributed by atoms with van der Waals surface area (Å²) in [6, 6.07) is 0. The number of carbonyl (C=O) groups excluding carboxylic acids is 3. The summed E-state index contributed by atoms with van der Waals surface area (Å²) in [7, 11) is 1.55. The van der Waals surface area contributed by atoms with Crippen molar-refractivity contribution in [3.8, 4) is 0 Å². The van der Waals surface area contributed by atoms with Crippen LogP contribution in [-0.4, -0.2) is 36.9 Å². The molecule has 114 valence electrons. The Labute approximate surface area is 124 Å². The lowest BCUT2D eigenvalue weighted by molar-refractivity contribution is -0.138. The molecule has 0 aromatic rings. The van der Waals surface area contributed by atoms with Crippen molar-refractivity contribution in [1.29, 1.82) is 0 Å². The molecular weight excluding hydrogens is 272 g/mol. The van der Waals surface area contributed by atoms with E-state index in [0.717, 1.165) is 5.57 Å². The third-order valence-corrected chi connectivity index (χ3v) is 4.26. The Hall–Kier alpha value is -1.75. The highest BCUT2D eigenvalue weighted by atomic mass is 16.6. The fourth-order valence-corrected chi connectivity index (χ4v) is 3.02. The lowest BCUT2D eigenvalue weighted by Crippen LogP contribution is -2.24. The number of rotatable bonds is 5. The molecule has 2 aliphatic rings.